The first-order chi connectivity index (χ1) is 12.0. The number of aryl methyl sites for hydroxylation is 4. The predicted octanol–water partition coefficient (Wildman–Crippen LogP) is 4.73. The molecule has 4 rings (SSSR count). The van der Waals surface area contributed by atoms with Crippen molar-refractivity contribution in [1.29, 1.82) is 0 Å². The third kappa shape index (κ3) is 2.69. The van der Waals surface area contributed by atoms with Gasteiger partial charge in [-0.3, -0.25) is 9.36 Å². The van der Waals surface area contributed by atoms with E-state index >= 15 is 0 Å². The van der Waals surface area contributed by atoms with E-state index in [1.54, 1.807) is 15.9 Å². The molecule has 0 aliphatic heterocycles. The molecule has 25 heavy (non-hydrogen) atoms. The predicted molar refractivity (Wildman–Crippen MR) is 106 cm³/mol. The zero-order valence-corrected chi connectivity index (χ0v) is 16.6. The van der Waals surface area contributed by atoms with Gasteiger partial charge in [-0.2, -0.15) is 4.37 Å². The average Bonchev–Trinajstić information content (AvgIpc) is 3.09. The molecule has 1 N–H and O–H groups in total. The summed E-state index contributed by atoms with van der Waals surface area (Å²) in [6.45, 7) is 8.08. The molecule has 1 aliphatic rings. The Morgan fingerprint density at radius 3 is 2.64 bits per heavy atom. The second-order valence-electron chi connectivity index (χ2n) is 6.92. The van der Waals surface area contributed by atoms with Gasteiger partial charge in [-0.15, -0.1) is 11.3 Å². The van der Waals surface area contributed by atoms with E-state index < -0.39 is 0 Å². The van der Waals surface area contributed by atoms with Crippen LogP contribution < -0.4 is 10.9 Å². The van der Waals surface area contributed by atoms with Gasteiger partial charge >= 0.3 is 0 Å². The van der Waals surface area contributed by atoms with Crippen LogP contribution in [-0.4, -0.2) is 13.9 Å². The molecular formula is C18H22N4OS2. The molecule has 3 aromatic rings. The van der Waals surface area contributed by atoms with E-state index in [0.29, 0.717) is 5.95 Å². The zero-order valence-electron chi connectivity index (χ0n) is 15.0. The Balaban J connectivity index is 1.95. The summed E-state index contributed by atoms with van der Waals surface area (Å²) in [5.74, 6) is 0.623. The van der Waals surface area contributed by atoms with Gasteiger partial charge in [-0.1, -0.05) is 0 Å². The third-order valence-electron chi connectivity index (χ3n) is 4.81. The lowest BCUT2D eigenvalue weighted by Crippen LogP contribution is -2.26. The zero-order chi connectivity index (χ0) is 17.7. The van der Waals surface area contributed by atoms with Crippen molar-refractivity contribution in [3.63, 3.8) is 0 Å². The van der Waals surface area contributed by atoms with Crippen LogP contribution in [0.3, 0.4) is 0 Å². The second kappa shape index (κ2) is 6.21. The van der Waals surface area contributed by atoms with Gasteiger partial charge in [-0.25, -0.2) is 4.98 Å². The number of rotatable bonds is 3. The smallest absolute Gasteiger partial charge is 0.264 e. The number of nitrogens with zero attached hydrogens (tertiary/aromatic N) is 3. The molecule has 5 nitrogen and oxygen atoms in total. The summed E-state index contributed by atoms with van der Waals surface area (Å²) in [7, 11) is 0. The van der Waals surface area contributed by atoms with Gasteiger partial charge < -0.3 is 5.32 Å². The Kier molecular flexibility index (Phi) is 4.16. The summed E-state index contributed by atoms with van der Waals surface area (Å²) in [6.07, 6.45) is 4.46. The fraction of sp³-hybridized carbons (Fsp3) is 0.500. The molecule has 132 valence electrons. The lowest BCUT2D eigenvalue weighted by atomic mass is 9.97. The van der Waals surface area contributed by atoms with Crippen molar-refractivity contribution in [2.24, 2.45) is 0 Å². The maximum atomic E-state index is 13.3. The molecule has 3 aromatic heterocycles. The summed E-state index contributed by atoms with van der Waals surface area (Å²) < 4.78 is 6.18. The van der Waals surface area contributed by atoms with Crippen LogP contribution >= 0.6 is 22.9 Å². The normalized spacial score (nSPS) is 14.3. The van der Waals surface area contributed by atoms with Gasteiger partial charge in [0.05, 0.1) is 16.8 Å². The highest BCUT2D eigenvalue weighted by molar-refractivity contribution is 7.18. The molecule has 0 saturated heterocycles. The van der Waals surface area contributed by atoms with Gasteiger partial charge in [0.15, 0.2) is 0 Å². The summed E-state index contributed by atoms with van der Waals surface area (Å²) in [4.78, 5) is 21.5. The minimum atomic E-state index is 0.0400. The lowest BCUT2D eigenvalue weighted by Gasteiger charge is -2.17. The van der Waals surface area contributed by atoms with E-state index in [9.17, 15) is 4.79 Å². The van der Waals surface area contributed by atoms with Gasteiger partial charge in [-0.05, 0) is 70.5 Å². The van der Waals surface area contributed by atoms with Crippen LogP contribution in [0.5, 0.6) is 0 Å². The number of nitrogens with one attached hydrogen (secondary N) is 1. The molecule has 0 aromatic carbocycles. The largest absolute Gasteiger partial charge is 0.323 e. The Morgan fingerprint density at radius 1 is 1.20 bits per heavy atom. The van der Waals surface area contributed by atoms with Crippen molar-refractivity contribution >= 4 is 44.7 Å². The molecule has 0 atom stereocenters. The highest BCUT2D eigenvalue weighted by Crippen LogP contribution is 2.35. The van der Waals surface area contributed by atoms with Crippen molar-refractivity contribution in [2.45, 2.75) is 59.4 Å². The number of hydrogen-bond acceptors (Lipinski definition) is 6. The molecule has 0 unspecified atom stereocenters. The van der Waals surface area contributed by atoms with E-state index in [1.165, 1.54) is 34.8 Å². The first-order valence-corrected chi connectivity index (χ1v) is 10.3. The molecule has 0 saturated carbocycles. The summed E-state index contributed by atoms with van der Waals surface area (Å²) in [5.41, 5.74) is 3.24. The van der Waals surface area contributed by atoms with E-state index in [4.69, 9.17) is 4.98 Å². The molecule has 0 spiro atoms. The Bertz CT molecular complexity index is 993. The highest BCUT2D eigenvalue weighted by Gasteiger charge is 2.23. The SMILES string of the molecule is Cc1nsc(C)c1Nc1nc2sc3c(c2c(=O)n1C(C)C)CCCC3. The minimum absolute atomic E-state index is 0.0400. The molecule has 0 radical (unpaired) electrons. The monoisotopic (exact) mass is 374 g/mol. The van der Waals surface area contributed by atoms with Crippen molar-refractivity contribution in [3.8, 4) is 0 Å². The van der Waals surface area contributed by atoms with Crippen molar-refractivity contribution in [1.82, 2.24) is 13.9 Å². The van der Waals surface area contributed by atoms with Crippen LogP contribution in [0, 0.1) is 13.8 Å². The first-order valence-electron chi connectivity index (χ1n) is 8.74. The van der Waals surface area contributed by atoms with Crippen LogP contribution in [0.15, 0.2) is 4.79 Å². The van der Waals surface area contributed by atoms with Gasteiger partial charge in [0.2, 0.25) is 5.95 Å². The molecule has 0 amide bonds. The summed E-state index contributed by atoms with van der Waals surface area (Å²) in [6, 6.07) is 0.0400. The molecule has 0 fully saturated rings. The summed E-state index contributed by atoms with van der Waals surface area (Å²) in [5, 5.41) is 4.23. The van der Waals surface area contributed by atoms with E-state index in [-0.39, 0.29) is 11.6 Å². The second-order valence-corrected chi connectivity index (χ2v) is 8.98. The third-order valence-corrected chi connectivity index (χ3v) is 6.84. The quantitative estimate of drug-likeness (QED) is 0.720. The molecule has 7 heteroatoms. The number of anilines is 2. The standard InChI is InChI=1S/C18H22N4OS2/c1-9(2)22-17(23)14-12-7-5-6-8-13(12)24-16(14)20-18(22)19-15-10(3)21-25-11(15)4/h9H,5-8H2,1-4H3,(H,19,20). The Hall–Kier alpha value is -1.73. The van der Waals surface area contributed by atoms with Crippen LogP contribution in [-0.2, 0) is 12.8 Å². The van der Waals surface area contributed by atoms with E-state index in [1.807, 2.05) is 27.7 Å². The first kappa shape index (κ1) is 16.7. The van der Waals surface area contributed by atoms with Crippen LogP contribution in [0.2, 0.25) is 0 Å². The lowest BCUT2D eigenvalue weighted by molar-refractivity contribution is 0.582. The van der Waals surface area contributed by atoms with Gasteiger partial charge in [0, 0.05) is 15.8 Å². The molecule has 0 bridgehead atoms. The van der Waals surface area contributed by atoms with Crippen LogP contribution in [0.25, 0.3) is 10.2 Å². The number of aromatic nitrogens is 3. The summed E-state index contributed by atoms with van der Waals surface area (Å²) >= 11 is 3.16. The highest BCUT2D eigenvalue weighted by atomic mass is 32.1. The number of thiophene rings is 1. The number of fused-ring (bicyclic) bond motifs is 3. The van der Waals surface area contributed by atoms with Crippen molar-refractivity contribution in [2.75, 3.05) is 5.32 Å². The maximum Gasteiger partial charge on any atom is 0.264 e. The van der Waals surface area contributed by atoms with E-state index in [0.717, 1.165) is 39.3 Å². The molecular weight excluding hydrogens is 352 g/mol. The van der Waals surface area contributed by atoms with Crippen molar-refractivity contribution in [3.05, 3.63) is 31.4 Å². The molecule has 1 aliphatic carbocycles. The topological polar surface area (TPSA) is 59.8 Å². The van der Waals surface area contributed by atoms with Crippen LogP contribution in [0.4, 0.5) is 11.6 Å². The minimum Gasteiger partial charge on any atom is -0.323 e. The Morgan fingerprint density at radius 2 is 1.96 bits per heavy atom. The molecule has 3 heterocycles. The maximum absolute atomic E-state index is 13.3. The van der Waals surface area contributed by atoms with E-state index in [2.05, 4.69) is 9.69 Å². The average molecular weight is 375 g/mol. The fourth-order valence-electron chi connectivity index (χ4n) is 3.56. The van der Waals surface area contributed by atoms with Crippen LogP contribution in [0.1, 0.15) is 53.7 Å². The van der Waals surface area contributed by atoms with Gasteiger partial charge in [0.1, 0.15) is 4.83 Å². The van der Waals surface area contributed by atoms with Crippen molar-refractivity contribution < 1.29 is 0 Å². The fourth-order valence-corrected chi connectivity index (χ4v) is 5.46. The van der Waals surface area contributed by atoms with Gasteiger partial charge in [0.25, 0.3) is 5.56 Å². The Labute approximate surface area is 154 Å². The number of hydrogen-bond donors (Lipinski definition) is 1.